The summed E-state index contributed by atoms with van der Waals surface area (Å²) in [5.74, 6) is 0.893. The number of hydrogen-bond acceptors (Lipinski definition) is 7. The van der Waals surface area contributed by atoms with Gasteiger partial charge >= 0.3 is 0 Å². The molecule has 2 heterocycles. The van der Waals surface area contributed by atoms with Crippen molar-refractivity contribution in [3.8, 4) is 33.3 Å². The van der Waals surface area contributed by atoms with Gasteiger partial charge in [-0.3, -0.25) is 9.59 Å². The third-order valence-corrected chi connectivity index (χ3v) is 5.90. The molecule has 0 fully saturated rings. The molecule has 4 rings (SSSR count). The number of benzene rings is 2. The monoisotopic (exact) mass is 450 g/mol. The Bertz CT molecular complexity index is 1170. The Labute approximate surface area is 189 Å². The zero-order chi connectivity index (χ0) is 22.5. The van der Waals surface area contributed by atoms with Gasteiger partial charge in [-0.05, 0) is 23.8 Å². The lowest BCUT2D eigenvalue weighted by atomic mass is 10.1. The summed E-state index contributed by atoms with van der Waals surface area (Å²) in [7, 11) is 3.22. The molecule has 0 saturated heterocycles. The predicted molar refractivity (Wildman–Crippen MR) is 123 cm³/mol. The average molecular weight is 451 g/mol. The van der Waals surface area contributed by atoms with Crippen LogP contribution in [0, 0.1) is 0 Å². The van der Waals surface area contributed by atoms with Crippen molar-refractivity contribution >= 4 is 28.9 Å². The van der Waals surface area contributed by atoms with Gasteiger partial charge in [-0.15, -0.1) is 11.3 Å². The highest BCUT2D eigenvalue weighted by Crippen LogP contribution is 2.34. The Morgan fingerprint density at radius 3 is 2.50 bits per heavy atom. The van der Waals surface area contributed by atoms with Crippen LogP contribution < -0.4 is 20.2 Å². The fourth-order valence-corrected chi connectivity index (χ4v) is 4.06. The van der Waals surface area contributed by atoms with E-state index in [-0.39, 0.29) is 18.2 Å². The Balaban J connectivity index is 1.41. The van der Waals surface area contributed by atoms with E-state index in [1.54, 1.807) is 25.6 Å². The topological polar surface area (TPSA) is 102 Å². The molecule has 32 heavy (non-hydrogen) atoms. The van der Waals surface area contributed by atoms with Gasteiger partial charge in [-0.25, -0.2) is 10.4 Å². The van der Waals surface area contributed by atoms with Gasteiger partial charge in [-0.2, -0.15) is 5.10 Å². The lowest BCUT2D eigenvalue weighted by Gasteiger charge is -2.12. The lowest BCUT2D eigenvalue weighted by molar-refractivity contribution is -0.121. The average Bonchev–Trinajstić information content (AvgIpc) is 3.33. The first-order chi connectivity index (χ1) is 15.6. The molecule has 0 atom stereocenters. The second kappa shape index (κ2) is 9.61. The summed E-state index contributed by atoms with van der Waals surface area (Å²) >= 11 is 1.56. The Hall–Kier alpha value is -3.72. The van der Waals surface area contributed by atoms with Crippen LogP contribution in [0.1, 0.15) is 18.4 Å². The summed E-state index contributed by atoms with van der Waals surface area (Å²) < 4.78 is 10.7. The number of aromatic nitrogens is 1. The fraction of sp³-hybridized carbons (Fsp3) is 0.217. The van der Waals surface area contributed by atoms with E-state index in [1.807, 2.05) is 47.8 Å². The number of hydrazone groups is 1. The summed E-state index contributed by atoms with van der Waals surface area (Å²) in [5, 5.41) is 9.55. The summed E-state index contributed by atoms with van der Waals surface area (Å²) in [6, 6.07) is 13.6. The number of carbonyl (C=O) groups is 2. The lowest BCUT2D eigenvalue weighted by Crippen LogP contribution is -2.36. The molecule has 1 aromatic heterocycles. The van der Waals surface area contributed by atoms with Crippen LogP contribution in [-0.2, 0) is 16.1 Å². The maximum Gasteiger partial charge on any atom is 0.267 e. The van der Waals surface area contributed by atoms with E-state index in [1.165, 1.54) is 0 Å². The maximum atomic E-state index is 12.2. The molecule has 0 unspecified atom stereocenters. The Kier molecular flexibility index (Phi) is 6.46. The smallest absolute Gasteiger partial charge is 0.267 e. The van der Waals surface area contributed by atoms with Crippen LogP contribution in [0.5, 0.6) is 11.5 Å². The first-order valence-corrected chi connectivity index (χ1v) is 10.9. The van der Waals surface area contributed by atoms with Gasteiger partial charge in [0, 0.05) is 35.9 Å². The van der Waals surface area contributed by atoms with Crippen molar-refractivity contribution in [1.29, 1.82) is 0 Å². The summed E-state index contributed by atoms with van der Waals surface area (Å²) in [4.78, 5) is 28.1. The number of nitrogens with one attached hydrogen (secondary N) is 2. The number of rotatable bonds is 7. The Morgan fingerprint density at radius 1 is 1.06 bits per heavy atom. The van der Waals surface area contributed by atoms with Crippen molar-refractivity contribution in [3.63, 3.8) is 0 Å². The van der Waals surface area contributed by atoms with Crippen LogP contribution in [-0.4, -0.2) is 36.7 Å². The first-order valence-electron chi connectivity index (χ1n) is 9.98. The highest BCUT2D eigenvalue weighted by molar-refractivity contribution is 7.13. The predicted octanol–water partition coefficient (Wildman–Crippen LogP) is 3.38. The molecule has 8 nitrogen and oxygen atoms in total. The number of thiazole rings is 1. The molecule has 1 aliphatic rings. The summed E-state index contributed by atoms with van der Waals surface area (Å²) in [6.07, 6.45) is 0.628. The van der Waals surface area contributed by atoms with Crippen LogP contribution >= 0.6 is 11.3 Å². The van der Waals surface area contributed by atoms with Gasteiger partial charge in [0.15, 0.2) is 11.5 Å². The minimum absolute atomic E-state index is 0.173. The van der Waals surface area contributed by atoms with Crippen LogP contribution in [0.2, 0.25) is 0 Å². The normalized spacial score (nSPS) is 13.2. The van der Waals surface area contributed by atoms with E-state index in [9.17, 15) is 9.59 Å². The molecule has 3 aromatic rings. The molecule has 0 radical (unpaired) electrons. The van der Waals surface area contributed by atoms with Crippen LogP contribution in [0.4, 0.5) is 0 Å². The molecular formula is C23H22N4O4S. The van der Waals surface area contributed by atoms with E-state index in [0.29, 0.717) is 30.2 Å². The largest absolute Gasteiger partial charge is 0.493 e. The van der Waals surface area contributed by atoms with Crippen LogP contribution in [0.15, 0.2) is 52.9 Å². The molecule has 164 valence electrons. The highest BCUT2D eigenvalue weighted by atomic mass is 32.1. The number of hydrogen-bond donors (Lipinski definition) is 2. The second-order valence-corrected chi connectivity index (χ2v) is 7.94. The maximum absolute atomic E-state index is 12.2. The van der Waals surface area contributed by atoms with E-state index < -0.39 is 0 Å². The number of methoxy groups -OCH3 is 2. The zero-order valence-corrected chi connectivity index (χ0v) is 18.5. The van der Waals surface area contributed by atoms with Gasteiger partial charge in [0.05, 0.1) is 19.9 Å². The number of amides is 2. The third-order valence-electron chi connectivity index (χ3n) is 5.00. The fourth-order valence-electron chi connectivity index (χ4n) is 3.22. The van der Waals surface area contributed by atoms with Crippen molar-refractivity contribution in [1.82, 2.24) is 15.7 Å². The van der Waals surface area contributed by atoms with Gasteiger partial charge in [0.2, 0.25) is 5.91 Å². The van der Waals surface area contributed by atoms with Crippen molar-refractivity contribution < 1.29 is 19.1 Å². The van der Waals surface area contributed by atoms with Crippen molar-refractivity contribution in [2.24, 2.45) is 5.10 Å². The van der Waals surface area contributed by atoms with Crippen LogP contribution in [0.3, 0.4) is 0 Å². The molecule has 0 aliphatic carbocycles. The molecule has 0 saturated carbocycles. The van der Waals surface area contributed by atoms with E-state index in [2.05, 4.69) is 15.8 Å². The van der Waals surface area contributed by atoms with Crippen molar-refractivity contribution in [2.75, 3.05) is 14.2 Å². The van der Waals surface area contributed by atoms with Crippen molar-refractivity contribution in [3.05, 3.63) is 53.4 Å². The number of carbonyl (C=O) groups excluding carboxylic acids is 2. The molecule has 9 heteroatoms. The molecule has 2 amide bonds. The highest BCUT2D eigenvalue weighted by Gasteiger charge is 2.18. The molecule has 2 N–H and O–H groups in total. The SMILES string of the molecule is COc1ccc(-c2csc(-c3ccc(CNC(=O)C4=NNC(=O)CC4)cc3)n2)cc1OC. The number of ether oxygens (including phenoxy) is 2. The minimum Gasteiger partial charge on any atom is -0.493 e. The minimum atomic E-state index is -0.270. The second-order valence-electron chi connectivity index (χ2n) is 7.08. The van der Waals surface area contributed by atoms with Gasteiger partial charge in [0.1, 0.15) is 10.7 Å². The van der Waals surface area contributed by atoms with Gasteiger partial charge in [0.25, 0.3) is 5.91 Å². The standard InChI is InChI=1S/C23H22N4O4S/c1-30-19-9-7-16(11-20(19)31-2)18-13-32-23(25-18)15-5-3-14(4-6-15)12-24-22(29)17-8-10-21(28)27-26-17/h3-7,9,11,13H,8,10,12H2,1-2H3,(H,24,29)(H,27,28). The molecule has 0 bridgehead atoms. The first kappa shape index (κ1) is 21.5. The summed E-state index contributed by atoms with van der Waals surface area (Å²) in [6.45, 7) is 0.376. The molecule has 2 aromatic carbocycles. The van der Waals surface area contributed by atoms with Crippen molar-refractivity contribution in [2.45, 2.75) is 19.4 Å². The quantitative estimate of drug-likeness (QED) is 0.575. The van der Waals surface area contributed by atoms with Gasteiger partial charge < -0.3 is 14.8 Å². The molecular weight excluding hydrogens is 428 g/mol. The summed E-state index contributed by atoms with van der Waals surface area (Å²) in [5.41, 5.74) is 6.44. The van der Waals surface area contributed by atoms with E-state index in [4.69, 9.17) is 14.5 Å². The van der Waals surface area contributed by atoms with E-state index >= 15 is 0 Å². The Morgan fingerprint density at radius 2 is 1.81 bits per heavy atom. The zero-order valence-electron chi connectivity index (χ0n) is 17.7. The van der Waals surface area contributed by atoms with Gasteiger partial charge in [-0.1, -0.05) is 24.3 Å². The molecule has 1 aliphatic heterocycles. The van der Waals surface area contributed by atoms with E-state index in [0.717, 1.165) is 27.4 Å². The number of nitrogens with zero attached hydrogens (tertiary/aromatic N) is 2. The third kappa shape index (κ3) is 4.78. The van der Waals surface area contributed by atoms with Crippen LogP contribution in [0.25, 0.3) is 21.8 Å². The molecule has 0 spiro atoms.